The quantitative estimate of drug-likeness (QED) is 0.385. The predicted molar refractivity (Wildman–Crippen MR) is 122 cm³/mol. The number of ether oxygens (including phenoxy) is 1. The molecule has 0 saturated carbocycles. The molecular weight excluding hydrogens is 393 g/mol. The highest BCUT2D eigenvalue weighted by molar-refractivity contribution is 5.79. The van der Waals surface area contributed by atoms with Crippen LogP contribution >= 0.6 is 0 Å². The Morgan fingerprint density at radius 3 is 2.68 bits per heavy atom. The molecule has 2 aromatic carbocycles. The van der Waals surface area contributed by atoms with E-state index < -0.39 is 0 Å². The fraction of sp³-hybridized carbons (Fsp3) is 0.333. The van der Waals surface area contributed by atoms with Crippen LogP contribution < -0.4 is 15.4 Å². The first-order valence-electron chi connectivity index (χ1n) is 10.6. The standard InChI is InChI=1S/C24H30FN5O/c1-19(31-22-13-7-6-12-21(22)25)17-28-24(26-2)29-18-23-27-14-16-30(23)15-8-11-20-9-4-3-5-10-20/h3-7,9-10,12-14,16,19H,8,11,15,17-18H2,1-2H3,(H2,26,28,29). The molecule has 0 fully saturated rings. The van der Waals surface area contributed by atoms with Gasteiger partial charge in [0.1, 0.15) is 11.9 Å². The van der Waals surface area contributed by atoms with Gasteiger partial charge in [0, 0.05) is 26.0 Å². The van der Waals surface area contributed by atoms with Crippen molar-refractivity contribution in [3.05, 3.63) is 84.2 Å². The molecule has 1 heterocycles. The Morgan fingerprint density at radius 2 is 1.90 bits per heavy atom. The Morgan fingerprint density at radius 1 is 1.13 bits per heavy atom. The minimum atomic E-state index is -0.365. The predicted octanol–water partition coefficient (Wildman–Crippen LogP) is 3.79. The zero-order chi connectivity index (χ0) is 21.9. The van der Waals surface area contributed by atoms with E-state index in [1.165, 1.54) is 11.6 Å². The lowest BCUT2D eigenvalue weighted by atomic mass is 10.1. The van der Waals surface area contributed by atoms with Crippen LogP contribution in [0.5, 0.6) is 5.75 Å². The number of rotatable bonds is 10. The highest BCUT2D eigenvalue weighted by atomic mass is 19.1. The van der Waals surface area contributed by atoms with Crippen molar-refractivity contribution >= 4 is 5.96 Å². The maximum atomic E-state index is 13.7. The molecule has 1 aromatic heterocycles. The van der Waals surface area contributed by atoms with Gasteiger partial charge < -0.3 is 19.9 Å². The number of hydrogen-bond donors (Lipinski definition) is 2. The van der Waals surface area contributed by atoms with E-state index in [1.807, 2.05) is 25.4 Å². The van der Waals surface area contributed by atoms with Crippen molar-refractivity contribution < 1.29 is 9.13 Å². The molecule has 0 spiro atoms. The summed E-state index contributed by atoms with van der Waals surface area (Å²) in [4.78, 5) is 8.70. The maximum Gasteiger partial charge on any atom is 0.191 e. The summed E-state index contributed by atoms with van der Waals surface area (Å²) >= 11 is 0. The van der Waals surface area contributed by atoms with Gasteiger partial charge in [-0.15, -0.1) is 0 Å². The van der Waals surface area contributed by atoms with Crippen LogP contribution in [0, 0.1) is 5.82 Å². The molecule has 0 bridgehead atoms. The van der Waals surface area contributed by atoms with E-state index >= 15 is 0 Å². The van der Waals surface area contributed by atoms with Crippen molar-refractivity contribution in [1.29, 1.82) is 0 Å². The van der Waals surface area contributed by atoms with Crippen molar-refractivity contribution in [1.82, 2.24) is 20.2 Å². The topological polar surface area (TPSA) is 63.5 Å². The molecule has 1 unspecified atom stereocenters. The first-order chi connectivity index (χ1) is 15.2. The molecule has 31 heavy (non-hydrogen) atoms. The molecular formula is C24H30FN5O. The first kappa shape index (κ1) is 22.3. The SMILES string of the molecule is CN=C(NCc1nccn1CCCc1ccccc1)NCC(C)Oc1ccccc1F. The minimum Gasteiger partial charge on any atom is -0.486 e. The van der Waals surface area contributed by atoms with Crippen molar-refractivity contribution in [2.75, 3.05) is 13.6 Å². The van der Waals surface area contributed by atoms with E-state index in [0.29, 0.717) is 19.0 Å². The van der Waals surface area contributed by atoms with Crippen LogP contribution in [0.2, 0.25) is 0 Å². The van der Waals surface area contributed by atoms with Crippen LogP contribution in [0.4, 0.5) is 4.39 Å². The van der Waals surface area contributed by atoms with Crippen LogP contribution in [-0.2, 0) is 19.5 Å². The maximum absolute atomic E-state index is 13.7. The molecule has 0 aliphatic heterocycles. The highest BCUT2D eigenvalue weighted by Crippen LogP contribution is 2.16. The number of guanidine groups is 1. The van der Waals surface area contributed by atoms with Gasteiger partial charge in [-0.2, -0.15) is 0 Å². The van der Waals surface area contributed by atoms with E-state index in [1.54, 1.807) is 25.2 Å². The van der Waals surface area contributed by atoms with Gasteiger partial charge in [0.15, 0.2) is 17.5 Å². The molecule has 6 nitrogen and oxygen atoms in total. The zero-order valence-electron chi connectivity index (χ0n) is 18.1. The van der Waals surface area contributed by atoms with E-state index in [2.05, 4.69) is 49.4 Å². The molecule has 3 aromatic rings. The molecule has 2 N–H and O–H groups in total. The number of para-hydroxylation sites is 1. The first-order valence-corrected chi connectivity index (χ1v) is 10.6. The van der Waals surface area contributed by atoms with Gasteiger partial charge in [-0.25, -0.2) is 9.37 Å². The fourth-order valence-corrected chi connectivity index (χ4v) is 3.23. The summed E-state index contributed by atoms with van der Waals surface area (Å²) in [5.74, 6) is 1.47. The average Bonchev–Trinajstić information content (AvgIpc) is 3.23. The second kappa shape index (κ2) is 11.7. The van der Waals surface area contributed by atoms with Crippen LogP contribution in [0.3, 0.4) is 0 Å². The molecule has 1 atom stereocenters. The third kappa shape index (κ3) is 7.13. The summed E-state index contributed by atoms with van der Waals surface area (Å²) in [6, 6.07) is 16.9. The van der Waals surface area contributed by atoms with Crippen LogP contribution in [0.1, 0.15) is 24.7 Å². The lowest BCUT2D eigenvalue weighted by molar-refractivity contribution is 0.214. The highest BCUT2D eigenvalue weighted by Gasteiger charge is 2.10. The Balaban J connectivity index is 1.42. The smallest absolute Gasteiger partial charge is 0.191 e. The normalized spacial score (nSPS) is 12.4. The van der Waals surface area contributed by atoms with Crippen molar-refractivity contribution in [2.24, 2.45) is 4.99 Å². The molecule has 3 rings (SSSR count). The average molecular weight is 424 g/mol. The van der Waals surface area contributed by atoms with Gasteiger partial charge in [0.05, 0.1) is 13.1 Å². The van der Waals surface area contributed by atoms with Crippen LogP contribution in [-0.4, -0.2) is 35.2 Å². The number of aliphatic imine (C=N–C) groups is 1. The number of benzene rings is 2. The number of nitrogens with zero attached hydrogens (tertiary/aromatic N) is 3. The van der Waals surface area contributed by atoms with Gasteiger partial charge in [0.25, 0.3) is 0 Å². The Kier molecular flexibility index (Phi) is 8.46. The third-order valence-corrected chi connectivity index (χ3v) is 4.87. The molecule has 164 valence electrons. The summed E-state index contributed by atoms with van der Waals surface area (Å²) in [6.07, 6.45) is 5.68. The number of aryl methyl sites for hydroxylation is 2. The second-order valence-electron chi connectivity index (χ2n) is 7.29. The summed E-state index contributed by atoms with van der Waals surface area (Å²) in [6.45, 7) is 3.83. The molecule has 7 heteroatoms. The number of nitrogens with one attached hydrogen (secondary N) is 2. The molecule has 0 aliphatic carbocycles. The van der Waals surface area contributed by atoms with Crippen LogP contribution in [0.15, 0.2) is 72.0 Å². The Hall–Kier alpha value is -3.35. The minimum absolute atomic E-state index is 0.226. The zero-order valence-corrected chi connectivity index (χ0v) is 18.1. The van der Waals surface area contributed by atoms with Gasteiger partial charge in [-0.3, -0.25) is 4.99 Å². The van der Waals surface area contributed by atoms with Crippen molar-refractivity contribution in [2.45, 2.75) is 39.0 Å². The summed E-state index contributed by atoms with van der Waals surface area (Å²) < 4.78 is 21.5. The molecule has 0 amide bonds. The van der Waals surface area contributed by atoms with E-state index in [-0.39, 0.29) is 17.7 Å². The van der Waals surface area contributed by atoms with Gasteiger partial charge in [-0.05, 0) is 37.5 Å². The summed E-state index contributed by atoms with van der Waals surface area (Å²) in [5, 5.41) is 6.49. The Bertz CT molecular complexity index is 957. The summed E-state index contributed by atoms with van der Waals surface area (Å²) in [7, 11) is 1.71. The molecule has 0 radical (unpaired) electrons. The summed E-state index contributed by atoms with van der Waals surface area (Å²) in [5.41, 5.74) is 1.35. The van der Waals surface area contributed by atoms with Crippen molar-refractivity contribution in [3.8, 4) is 5.75 Å². The van der Waals surface area contributed by atoms with Gasteiger partial charge in [0.2, 0.25) is 0 Å². The molecule has 0 saturated heterocycles. The largest absolute Gasteiger partial charge is 0.486 e. The van der Waals surface area contributed by atoms with Crippen molar-refractivity contribution in [3.63, 3.8) is 0 Å². The molecule has 0 aliphatic rings. The number of halogens is 1. The monoisotopic (exact) mass is 423 g/mol. The number of imidazole rings is 1. The Labute approximate surface area is 183 Å². The van der Waals surface area contributed by atoms with Gasteiger partial charge in [-0.1, -0.05) is 42.5 Å². The van der Waals surface area contributed by atoms with Crippen LogP contribution in [0.25, 0.3) is 0 Å². The lowest BCUT2D eigenvalue weighted by Gasteiger charge is -2.18. The van der Waals surface area contributed by atoms with E-state index in [4.69, 9.17) is 4.74 Å². The second-order valence-corrected chi connectivity index (χ2v) is 7.29. The third-order valence-electron chi connectivity index (χ3n) is 4.87. The lowest BCUT2D eigenvalue weighted by Crippen LogP contribution is -2.41. The van der Waals surface area contributed by atoms with E-state index in [9.17, 15) is 4.39 Å². The fourth-order valence-electron chi connectivity index (χ4n) is 3.23. The van der Waals surface area contributed by atoms with E-state index in [0.717, 1.165) is 25.2 Å². The van der Waals surface area contributed by atoms with Gasteiger partial charge >= 0.3 is 0 Å². The number of aromatic nitrogens is 2. The number of hydrogen-bond acceptors (Lipinski definition) is 3.